The summed E-state index contributed by atoms with van der Waals surface area (Å²) in [6.45, 7) is 3.53. The van der Waals surface area contributed by atoms with Gasteiger partial charge in [0.1, 0.15) is 11.5 Å². The van der Waals surface area contributed by atoms with Crippen LogP contribution in [0.4, 0.5) is 21.9 Å². The molecule has 1 aliphatic heterocycles. The van der Waals surface area contributed by atoms with Gasteiger partial charge in [-0.1, -0.05) is 30.7 Å². The first kappa shape index (κ1) is 23.4. The van der Waals surface area contributed by atoms with Gasteiger partial charge in [-0.25, -0.2) is 4.79 Å². The Kier molecular flexibility index (Phi) is 7.54. The van der Waals surface area contributed by atoms with Crippen LogP contribution in [0, 0.1) is 0 Å². The van der Waals surface area contributed by atoms with Crippen LogP contribution >= 0.6 is 11.6 Å². The van der Waals surface area contributed by atoms with Gasteiger partial charge in [0.25, 0.3) is 0 Å². The zero-order valence-electron chi connectivity index (χ0n) is 18.9. The highest BCUT2D eigenvalue weighted by molar-refractivity contribution is 6.32. The third kappa shape index (κ3) is 6.20. The first-order valence-corrected chi connectivity index (χ1v) is 11.6. The van der Waals surface area contributed by atoms with Crippen molar-refractivity contribution in [2.45, 2.75) is 25.8 Å². The van der Waals surface area contributed by atoms with Gasteiger partial charge in [-0.05, 0) is 67.1 Å². The number of para-hydroxylation sites is 1. The van der Waals surface area contributed by atoms with E-state index in [1.165, 1.54) is 0 Å². The third-order valence-corrected chi connectivity index (χ3v) is 5.85. The average molecular weight is 479 g/mol. The van der Waals surface area contributed by atoms with Crippen molar-refractivity contribution in [2.75, 3.05) is 28.6 Å². The van der Waals surface area contributed by atoms with Gasteiger partial charge in [-0.2, -0.15) is 0 Å². The van der Waals surface area contributed by atoms with Crippen molar-refractivity contribution < 1.29 is 14.3 Å². The first-order valence-electron chi connectivity index (χ1n) is 11.2. The van der Waals surface area contributed by atoms with Crippen LogP contribution in [0.1, 0.15) is 19.8 Å². The molecule has 0 saturated carbocycles. The molecule has 1 aliphatic rings. The van der Waals surface area contributed by atoms with E-state index in [-0.39, 0.29) is 18.0 Å². The van der Waals surface area contributed by atoms with Crippen molar-refractivity contribution in [3.05, 3.63) is 77.8 Å². The molecule has 1 fully saturated rings. The van der Waals surface area contributed by atoms with E-state index in [0.717, 1.165) is 25.2 Å². The molecule has 3 aromatic rings. The largest absolute Gasteiger partial charge is 0.456 e. The second kappa shape index (κ2) is 10.9. The third-order valence-electron chi connectivity index (χ3n) is 5.54. The fraction of sp³-hybridized carbons (Fsp3) is 0.231. The molecule has 0 bridgehead atoms. The predicted molar refractivity (Wildman–Crippen MR) is 136 cm³/mol. The molecule has 0 aromatic heterocycles. The van der Waals surface area contributed by atoms with Crippen molar-refractivity contribution in [3.63, 3.8) is 0 Å². The summed E-state index contributed by atoms with van der Waals surface area (Å²) in [6.07, 6.45) is 1.43. The maximum atomic E-state index is 12.4. The molecular weight excluding hydrogens is 452 g/mol. The van der Waals surface area contributed by atoms with Gasteiger partial charge in [0.15, 0.2) is 0 Å². The van der Waals surface area contributed by atoms with E-state index in [1.54, 1.807) is 36.4 Å². The highest BCUT2D eigenvalue weighted by Crippen LogP contribution is 2.29. The van der Waals surface area contributed by atoms with Crippen molar-refractivity contribution in [1.82, 2.24) is 5.32 Å². The number of urea groups is 1. The van der Waals surface area contributed by atoms with E-state index in [1.807, 2.05) is 43.3 Å². The van der Waals surface area contributed by atoms with Crippen LogP contribution in [0.25, 0.3) is 0 Å². The summed E-state index contributed by atoms with van der Waals surface area (Å²) in [6, 6.07) is 21.8. The number of rotatable bonds is 7. The summed E-state index contributed by atoms with van der Waals surface area (Å²) in [5, 5.41) is 9.23. The highest BCUT2D eigenvalue weighted by atomic mass is 35.5. The van der Waals surface area contributed by atoms with E-state index < -0.39 is 0 Å². The minimum Gasteiger partial charge on any atom is -0.456 e. The molecule has 1 atom stereocenters. The Morgan fingerprint density at radius 3 is 2.26 bits per heavy atom. The van der Waals surface area contributed by atoms with Gasteiger partial charge >= 0.3 is 6.03 Å². The summed E-state index contributed by atoms with van der Waals surface area (Å²) in [5.41, 5.74) is 2.39. The van der Waals surface area contributed by atoms with Gasteiger partial charge in [0, 0.05) is 42.6 Å². The van der Waals surface area contributed by atoms with E-state index in [2.05, 4.69) is 20.9 Å². The monoisotopic (exact) mass is 478 g/mol. The van der Waals surface area contributed by atoms with Crippen molar-refractivity contribution >= 4 is 40.6 Å². The summed E-state index contributed by atoms with van der Waals surface area (Å²) < 4.78 is 5.76. The minimum atomic E-state index is -0.337. The zero-order chi connectivity index (χ0) is 23.9. The second-order valence-electron chi connectivity index (χ2n) is 8.04. The second-order valence-corrected chi connectivity index (χ2v) is 8.44. The maximum absolute atomic E-state index is 12.4. The van der Waals surface area contributed by atoms with Crippen molar-refractivity contribution in [1.29, 1.82) is 0 Å². The molecule has 3 N–H and O–H groups in total. The number of halogens is 1. The molecule has 176 valence electrons. The molecule has 34 heavy (non-hydrogen) atoms. The molecule has 0 spiro atoms. The number of hydrogen-bond donors (Lipinski definition) is 3. The van der Waals surface area contributed by atoms with Crippen molar-refractivity contribution in [3.8, 4) is 11.5 Å². The average Bonchev–Trinajstić information content (AvgIpc) is 3.30. The quantitative estimate of drug-likeness (QED) is 0.396. The van der Waals surface area contributed by atoms with Crippen LogP contribution in [0.2, 0.25) is 5.02 Å². The number of carbonyl (C=O) groups excluding carboxylic acids is 2. The number of anilines is 3. The smallest absolute Gasteiger partial charge is 0.323 e. The number of carbonyl (C=O) groups is 2. The molecule has 1 unspecified atom stereocenters. The molecule has 8 heteroatoms. The molecule has 3 aromatic carbocycles. The molecule has 1 saturated heterocycles. The fourth-order valence-corrected chi connectivity index (χ4v) is 3.93. The van der Waals surface area contributed by atoms with E-state index in [4.69, 9.17) is 16.3 Å². The highest BCUT2D eigenvalue weighted by Gasteiger charge is 2.23. The molecule has 3 amide bonds. The number of nitrogens with zero attached hydrogens (tertiary/aromatic N) is 1. The summed E-state index contributed by atoms with van der Waals surface area (Å²) in [4.78, 5) is 26.2. The van der Waals surface area contributed by atoms with Crippen LogP contribution < -0.4 is 25.6 Å². The Morgan fingerprint density at radius 1 is 0.971 bits per heavy atom. The fourth-order valence-electron chi connectivity index (χ4n) is 3.75. The van der Waals surface area contributed by atoms with E-state index >= 15 is 0 Å². The predicted octanol–water partition coefficient (Wildman–Crippen LogP) is 5.88. The summed E-state index contributed by atoms with van der Waals surface area (Å²) >= 11 is 6.12. The van der Waals surface area contributed by atoms with Gasteiger partial charge in [0.05, 0.1) is 5.02 Å². The SMILES string of the molecule is CCC(=O)NC1CCN(c2ccc(NC(=O)Nc3ccc(Oc4ccccc4Cl)cc3)cc2)C1. The topological polar surface area (TPSA) is 82.7 Å². The Bertz CT molecular complexity index is 1140. The lowest BCUT2D eigenvalue weighted by molar-refractivity contribution is -0.121. The lowest BCUT2D eigenvalue weighted by Crippen LogP contribution is -2.36. The number of nitrogens with one attached hydrogen (secondary N) is 3. The number of benzene rings is 3. The molecule has 0 radical (unpaired) electrons. The molecule has 4 rings (SSSR count). The van der Waals surface area contributed by atoms with E-state index in [0.29, 0.717) is 34.3 Å². The van der Waals surface area contributed by atoms with Crippen LogP contribution in [-0.2, 0) is 4.79 Å². The van der Waals surface area contributed by atoms with Gasteiger partial charge in [-0.15, -0.1) is 0 Å². The standard InChI is InChI=1S/C26H27ClN4O3/c1-2-25(32)28-20-15-16-31(17-20)21-11-7-18(8-12-21)29-26(33)30-19-9-13-22(14-10-19)34-24-6-4-3-5-23(24)27/h3-14,20H,2,15-17H2,1H3,(H,28,32)(H2,29,30,33). The van der Waals surface area contributed by atoms with Crippen molar-refractivity contribution in [2.24, 2.45) is 0 Å². The molecule has 0 aliphatic carbocycles. The van der Waals surface area contributed by atoms with Gasteiger partial charge < -0.3 is 25.6 Å². The normalized spacial score (nSPS) is 15.0. The Morgan fingerprint density at radius 2 is 1.62 bits per heavy atom. The minimum absolute atomic E-state index is 0.0835. The zero-order valence-corrected chi connectivity index (χ0v) is 19.6. The van der Waals surface area contributed by atoms with Crippen LogP contribution in [-0.4, -0.2) is 31.1 Å². The number of amides is 3. The molecular formula is C26H27ClN4O3. The lowest BCUT2D eigenvalue weighted by Gasteiger charge is -2.19. The summed E-state index contributed by atoms with van der Waals surface area (Å²) in [7, 11) is 0. The maximum Gasteiger partial charge on any atom is 0.323 e. The van der Waals surface area contributed by atoms with Gasteiger partial charge in [0.2, 0.25) is 5.91 Å². The van der Waals surface area contributed by atoms with Gasteiger partial charge in [-0.3, -0.25) is 4.79 Å². The lowest BCUT2D eigenvalue weighted by atomic mass is 10.2. The Labute approximate surface area is 204 Å². The van der Waals surface area contributed by atoms with Crippen LogP contribution in [0.15, 0.2) is 72.8 Å². The van der Waals surface area contributed by atoms with E-state index in [9.17, 15) is 9.59 Å². The Balaban J connectivity index is 1.27. The first-order chi connectivity index (χ1) is 16.5. The molecule has 7 nitrogen and oxygen atoms in total. The summed E-state index contributed by atoms with van der Waals surface area (Å²) in [5.74, 6) is 1.27. The number of hydrogen-bond acceptors (Lipinski definition) is 4. The number of ether oxygens (including phenoxy) is 1. The molecule has 1 heterocycles. The van der Waals surface area contributed by atoms with Crippen LogP contribution in [0.3, 0.4) is 0 Å². The Hall–Kier alpha value is -3.71. The van der Waals surface area contributed by atoms with Crippen LogP contribution in [0.5, 0.6) is 11.5 Å².